The zero-order valence-corrected chi connectivity index (χ0v) is 13.2. The Kier molecular flexibility index (Phi) is 4.89. The number of rotatable bonds is 5. The minimum Gasteiger partial charge on any atom is -0.394 e. The molecule has 1 atom stereocenters. The van der Waals surface area contributed by atoms with Crippen LogP contribution >= 0.6 is 0 Å². The maximum atomic E-state index is 12.8. The van der Waals surface area contributed by atoms with Crippen LogP contribution in [-0.4, -0.2) is 42.3 Å². The molecular weight excluding hydrogens is 309 g/mol. The molecule has 1 aliphatic rings. The predicted octanol–water partition coefficient (Wildman–Crippen LogP) is 2.76. The fraction of sp³-hybridized carbons (Fsp3) is 0.562. The number of hydrogen-bond acceptors (Lipinski definition) is 2. The number of nitrogens with one attached hydrogen (secondary N) is 1. The zero-order chi connectivity index (χ0) is 17.3. The van der Waals surface area contributed by atoms with E-state index >= 15 is 0 Å². The van der Waals surface area contributed by atoms with Crippen molar-refractivity contribution in [1.82, 2.24) is 10.2 Å². The second-order valence-corrected chi connectivity index (χ2v) is 6.16. The monoisotopic (exact) mass is 330 g/mol. The fourth-order valence-corrected chi connectivity index (χ4v) is 2.44. The van der Waals surface area contributed by atoms with Crippen LogP contribution in [0, 0.1) is 0 Å². The van der Waals surface area contributed by atoms with Crippen LogP contribution in [0.1, 0.15) is 30.9 Å². The Morgan fingerprint density at radius 3 is 2.61 bits per heavy atom. The quantitative estimate of drug-likeness (QED) is 0.872. The van der Waals surface area contributed by atoms with Gasteiger partial charge in [0.1, 0.15) is 0 Å². The average Bonchev–Trinajstić information content (AvgIpc) is 3.31. The van der Waals surface area contributed by atoms with Crippen molar-refractivity contribution in [2.45, 2.75) is 37.4 Å². The van der Waals surface area contributed by atoms with Gasteiger partial charge in [0.2, 0.25) is 0 Å². The van der Waals surface area contributed by atoms with E-state index in [0.29, 0.717) is 5.56 Å². The van der Waals surface area contributed by atoms with Crippen molar-refractivity contribution in [2.75, 3.05) is 20.2 Å². The molecule has 23 heavy (non-hydrogen) atoms. The summed E-state index contributed by atoms with van der Waals surface area (Å²) in [4.78, 5) is 13.4. The molecule has 2 N–H and O–H groups in total. The number of carbonyl (C=O) groups is 1. The van der Waals surface area contributed by atoms with Crippen molar-refractivity contribution in [3.8, 4) is 0 Å². The summed E-state index contributed by atoms with van der Waals surface area (Å²) >= 11 is 0. The number of carbonyl (C=O) groups excluding carboxylic acids is 1. The Balaban J connectivity index is 2.05. The molecule has 2 rings (SSSR count). The molecule has 1 aliphatic carbocycles. The largest absolute Gasteiger partial charge is 0.416 e. The summed E-state index contributed by atoms with van der Waals surface area (Å²) in [6.45, 7) is 1.84. The topological polar surface area (TPSA) is 52.6 Å². The van der Waals surface area contributed by atoms with Crippen molar-refractivity contribution in [1.29, 1.82) is 0 Å². The highest BCUT2D eigenvalue weighted by atomic mass is 19.4. The zero-order valence-electron chi connectivity index (χ0n) is 13.2. The minimum absolute atomic E-state index is 0.150. The maximum absolute atomic E-state index is 12.8. The van der Waals surface area contributed by atoms with Crippen LogP contribution in [0.15, 0.2) is 24.3 Å². The first-order valence-corrected chi connectivity index (χ1v) is 7.49. The summed E-state index contributed by atoms with van der Waals surface area (Å²) in [5, 5.41) is 11.8. The van der Waals surface area contributed by atoms with Crippen LogP contribution in [0.2, 0.25) is 0 Å². The molecule has 0 aliphatic heterocycles. The smallest absolute Gasteiger partial charge is 0.394 e. The van der Waals surface area contributed by atoms with Gasteiger partial charge in [0.15, 0.2) is 0 Å². The first kappa shape index (κ1) is 17.6. The van der Waals surface area contributed by atoms with Crippen LogP contribution in [0.5, 0.6) is 0 Å². The lowest BCUT2D eigenvalue weighted by atomic mass is 9.94. The summed E-state index contributed by atoms with van der Waals surface area (Å²) < 4.78 is 38.5. The van der Waals surface area contributed by atoms with Crippen molar-refractivity contribution in [3.63, 3.8) is 0 Å². The molecule has 1 unspecified atom stereocenters. The number of amides is 2. The Morgan fingerprint density at radius 2 is 2.09 bits per heavy atom. The number of alkyl halides is 3. The molecule has 128 valence electrons. The molecule has 4 nitrogen and oxygen atoms in total. The fourth-order valence-electron chi connectivity index (χ4n) is 2.44. The summed E-state index contributed by atoms with van der Waals surface area (Å²) in [5.74, 6) is 0. The van der Waals surface area contributed by atoms with Gasteiger partial charge >= 0.3 is 12.2 Å². The van der Waals surface area contributed by atoms with Gasteiger partial charge in [-0.15, -0.1) is 0 Å². The van der Waals surface area contributed by atoms with E-state index < -0.39 is 17.2 Å². The summed E-state index contributed by atoms with van der Waals surface area (Å²) in [6, 6.07) is 4.63. The van der Waals surface area contributed by atoms with Gasteiger partial charge < -0.3 is 15.3 Å². The van der Waals surface area contributed by atoms with E-state index in [4.69, 9.17) is 5.11 Å². The number of likely N-dealkylation sites (N-methyl/N-ethyl adjacent to an activating group) is 1. The first-order chi connectivity index (χ1) is 10.7. The lowest BCUT2D eigenvalue weighted by molar-refractivity contribution is -0.137. The number of urea groups is 1. The number of halogens is 3. The van der Waals surface area contributed by atoms with E-state index in [1.54, 1.807) is 20.0 Å². The van der Waals surface area contributed by atoms with Crippen LogP contribution in [-0.2, 0) is 11.6 Å². The molecule has 0 radical (unpaired) electrons. The van der Waals surface area contributed by atoms with E-state index in [1.165, 1.54) is 17.0 Å². The Labute approximate surface area is 133 Å². The molecule has 0 aromatic heterocycles. The highest BCUT2D eigenvalue weighted by molar-refractivity contribution is 5.74. The number of aliphatic hydroxyl groups is 1. The van der Waals surface area contributed by atoms with Crippen molar-refractivity contribution >= 4 is 6.03 Å². The van der Waals surface area contributed by atoms with E-state index in [9.17, 15) is 18.0 Å². The van der Waals surface area contributed by atoms with E-state index in [-0.39, 0.29) is 25.2 Å². The number of benzene rings is 1. The van der Waals surface area contributed by atoms with E-state index in [1.807, 2.05) is 0 Å². The molecule has 1 fully saturated rings. The third-order valence-electron chi connectivity index (χ3n) is 4.48. The molecule has 0 bridgehead atoms. The van der Waals surface area contributed by atoms with Gasteiger partial charge in [-0.1, -0.05) is 18.2 Å². The summed E-state index contributed by atoms with van der Waals surface area (Å²) in [6.07, 6.45) is -2.88. The van der Waals surface area contributed by atoms with Crippen molar-refractivity contribution in [2.24, 2.45) is 0 Å². The van der Waals surface area contributed by atoms with Gasteiger partial charge in [-0.25, -0.2) is 4.79 Å². The van der Waals surface area contributed by atoms with Crippen LogP contribution in [0.25, 0.3) is 0 Å². The SMILES string of the molecule is CC(CO)N(C)C(=O)NCC1(c2cccc(C(F)(F)F)c2)CC1. The molecule has 7 heteroatoms. The van der Waals surface area contributed by atoms with Gasteiger partial charge in [0.05, 0.1) is 18.2 Å². The number of nitrogens with zero attached hydrogens (tertiary/aromatic N) is 1. The van der Waals surface area contributed by atoms with E-state index in [0.717, 1.165) is 18.9 Å². The third kappa shape index (κ3) is 3.96. The number of aliphatic hydroxyl groups excluding tert-OH is 1. The minimum atomic E-state index is -4.37. The molecule has 1 aromatic rings. The average molecular weight is 330 g/mol. The number of hydrogen-bond donors (Lipinski definition) is 2. The van der Waals surface area contributed by atoms with Crippen molar-refractivity contribution in [3.05, 3.63) is 35.4 Å². The first-order valence-electron chi connectivity index (χ1n) is 7.49. The molecule has 0 spiro atoms. The second-order valence-electron chi connectivity index (χ2n) is 6.16. The van der Waals surface area contributed by atoms with Gasteiger partial charge in [0.25, 0.3) is 0 Å². The Morgan fingerprint density at radius 1 is 1.43 bits per heavy atom. The Bertz CT molecular complexity index is 571. The standard InChI is InChI=1S/C16H21F3N2O2/c1-11(9-22)21(2)14(23)20-10-15(6-7-15)12-4-3-5-13(8-12)16(17,18)19/h3-5,8,11,22H,6-7,9-10H2,1-2H3,(H,20,23). The molecule has 2 amide bonds. The van der Waals surface area contributed by atoms with Gasteiger partial charge in [-0.3, -0.25) is 0 Å². The molecular formula is C16H21F3N2O2. The van der Waals surface area contributed by atoms with E-state index in [2.05, 4.69) is 5.32 Å². The van der Waals surface area contributed by atoms with Crippen LogP contribution in [0.3, 0.4) is 0 Å². The highest BCUT2D eigenvalue weighted by Crippen LogP contribution is 2.48. The van der Waals surface area contributed by atoms with Crippen LogP contribution < -0.4 is 5.32 Å². The maximum Gasteiger partial charge on any atom is 0.416 e. The second kappa shape index (κ2) is 6.39. The van der Waals surface area contributed by atoms with Crippen LogP contribution in [0.4, 0.5) is 18.0 Å². The predicted molar refractivity (Wildman–Crippen MR) is 80.1 cm³/mol. The third-order valence-corrected chi connectivity index (χ3v) is 4.48. The van der Waals surface area contributed by atoms with Gasteiger partial charge in [-0.05, 0) is 31.4 Å². The molecule has 0 heterocycles. The lowest BCUT2D eigenvalue weighted by Gasteiger charge is -2.25. The summed E-state index contributed by atoms with van der Waals surface area (Å²) in [7, 11) is 1.57. The molecule has 0 saturated heterocycles. The van der Waals surface area contributed by atoms with Gasteiger partial charge in [0, 0.05) is 19.0 Å². The van der Waals surface area contributed by atoms with Gasteiger partial charge in [-0.2, -0.15) is 13.2 Å². The highest BCUT2D eigenvalue weighted by Gasteiger charge is 2.45. The lowest BCUT2D eigenvalue weighted by Crippen LogP contribution is -2.46. The van der Waals surface area contributed by atoms with Crippen molar-refractivity contribution < 1.29 is 23.1 Å². The normalized spacial score (nSPS) is 17.5. The Hall–Kier alpha value is -1.76. The molecule has 1 aromatic carbocycles. The summed E-state index contributed by atoms with van der Waals surface area (Å²) in [5.41, 5.74) is -0.482. The molecule has 1 saturated carbocycles.